The van der Waals surface area contributed by atoms with E-state index in [1.165, 1.54) is 0 Å². The quantitative estimate of drug-likeness (QED) is 0.444. The van der Waals surface area contributed by atoms with Gasteiger partial charge in [-0.05, 0) is 0 Å². The molecule has 0 aromatic heterocycles. The van der Waals surface area contributed by atoms with Crippen molar-refractivity contribution in [2.75, 3.05) is 11.5 Å². The van der Waals surface area contributed by atoms with Gasteiger partial charge in [-0.15, -0.1) is 0 Å². The van der Waals surface area contributed by atoms with Gasteiger partial charge >= 0.3 is 12.4 Å². The molecule has 4 nitrogen and oxygen atoms in total. The molecule has 17 heavy (non-hydrogen) atoms. The molecule has 2 unspecified atom stereocenters. The second-order valence-electron chi connectivity index (χ2n) is 2.16. The smallest absolute Gasteiger partial charge is 0.306 e. The van der Waals surface area contributed by atoms with E-state index in [2.05, 4.69) is 0 Å². The zero-order valence-electron chi connectivity index (χ0n) is 7.92. The zero-order valence-corrected chi connectivity index (χ0v) is 12.5. The average Bonchev–Trinajstić information content (AvgIpc) is 1.72. The molecule has 0 bridgehead atoms. The summed E-state index contributed by atoms with van der Waals surface area (Å²) in [5, 5.41) is 0. The van der Waals surface area contributed by atoms with Gasteiger partial charge in [0.25, 0.3) is 0 Å². The van der Waals surface area contributed by atoms with Crippen molar-refractivity contribution in [1.82, 2.24) is 0 Å². The molecule has 13 heteroatoms. The first-order valence-corrected chi connectivity index (χ1v) is 5.67. The molecule has 0 rings (SSSR count). The van der Waals surface area contributed by atoms with Gasteiger partial charge in [0, 0.05) is 19.5 Å². The Kier molecular flexibility index (Phi) is 12.4. The van der Waals surface area contributed by atoms with Gasteiger partial charge in [-0.25, -0.2) is 8.42 Å². The van der Waals surface area contributed by atoms with Crippen LogP contribution in [-0.2, 0) is 41.6 Å². The summed E-state index contributed by atoms with van der Waals surface area (Å²) in [6, 6.07) is 0. The van der Waals surface area contributed by atoms with Crippen LogP contribution in [0.5, 0.6) is 0 Å². The van der Waals surface area contributed by atoms with Crippen molar-refractivity contribution >= 4 is 22.2 Å². The van der Waals surface area contributed by atoms with E-state index in [-0.39, 0.29) is 19.5 Å². The Hall–Kier alpha value is 0.423. The molecular weight excluding hydrogens is 356 g/mol. The van der Waals surface area contributed by atoms with Gasteiger partial charge in [0.05, 0.1) is 0 Å². The Morgan fingerprint density at radius 1 is 0.765 bits per heavy atom. The summed E-state index contributed by atoms with van der Waals surface area (Å²) in [7, 11) is 0. The van der Waals surface area contributed by atoms with Gasteiger partial charge in [0.1, 0.15) is 11.5 Å². The first kappa shape index (κ1) is 22.6. The van der Waals surface area contributed by atoms with E-state index in [9.17, 15) is 34.8 Å². The van der Waals surface area contributed by atoms with E-state index in [1.54, 1.807) is 0 Å². The molecule has 102 valence electrons. The summed E-state index contributed by atoms with van der Waals surface area (Å²) in [6.45, 7) is 0. The number of alkyl halides is 6. The average molecular weight is 362 g/mol. The van der Waals surface area contributed by atoms with Crippen LogP contribution in [0.1, 0.15) is 0 Å². The Morgan fingerprint density at radius 2 is 0.941 bits per heavy atom. The Labute approximate surface area is 109 Å². The third-order valence-electron chi connectivity index (χ3n) is 0.574. The fraction of sp³-hybridized carbons (Fsp3) is 1.00. The predicted molar refractivity (Wildman–Crippen MR) is 43.4 cm³/mol. The van der Waals surface area contributed by atoms with E-state index in [4.69, 9.17) is 9.11 Å². The third-order valence-corrected chi connectivity index (χ3v) is 1.72. The normalized spacial score (nSPS) is 15.1. The molecule has 0 aliphatic carbocycles. The monoisotopic (exact) mass is 360 g/mol. The van der Waals surface area contributed by atoms with Crippen LogP contribution in [0.3, 0.4) is 0 Å². The predicted octanol–water partition coefficient (Wildman–Crippen LogP) is 1.54. The van der Waals surface area contributed by atoms with Gasteiger partial charge < -0.3 is 9.11 Å². The summed E-state index contributed by atoms with van der Waals surface area (Å²) in [5.41, 5.74) is 0. The van der Waals surface area contributed by atoms with Crippen LogP contribution < -0.4 is 0 Å². The molecule has 2 atom stereocenters. The van der Waals surface area contributed by atoms with E-state index < -0.39 is 46.0 Å². The Bertz CT molecular complexity index is 227. The summed E-state index contributed by atoms with van der Waals surface area (Å²) >= 11 is -5.52. The minimum absolute atomic E-state index is 0. The number of hydrogen-bond donors (Lipinski definition) is 2. The summed E-state index contributed by atoms with van der Waals surface area (Å²) in [5.74, 6) is -3.29. The molecule has 2 N–H and O–H groups in total. The molecule has 0 radical (unpaired) electrons. The molecule has 0 fully saturated rings. The molecule has 0 aromatic carbocycles. The Balaban J connectivity index is -0.000000218. The van der Waals surface area contributed by atoms with Crippen molar-refractivity contribution in [2.45, 2.75) is 12.4 Å². The van der Waals surface area contributed by atoms with Crippen LogP contribution in [0.25, 0.3) is 0 Å². The fourth-order valence-electron chi connectivity index (χ4n) is 0.280. The van der Waals surface area contributed by atoms with Crippen LogP contribution in [-0.4, -0.2) is 41.4 Å². The topological polar surface area (TPSA) is 74.6 Å². The maximum atomic E-state index is 11.0. The first-order chi connectivity index (χ1) is 6.83. The molecule has 0 aromatic rings. The molecule has 0 heterocycles. The molecule has 0 saturated heterocycles. The van der Waals surface area contributed by atoms with Gasteiger partial charge in [-0.2, -0.15) is 26.3 Å². The van der Waals surface area contributed by atoms with Gasteiger partial charge in [-0.1, -0.05) is 0 Å². The maximum absolute atomic E-state index is 11.0. The molecule has 0 aliphatic heterocycles. The molecule has 0 spiro atoms. The number of rotatable bonds is 2. The SMILES string of the molecule is O=S(O)CC(F)(F)F.O=S(O)CC(F)(F)F.[Zn]. The van der Waals surface area contributed by atoms with Crippen molar-refractivity contribution in [3.63, 3.8) is 0 Å². The number of halogens is 6. The van der Waals surface area contributed by atoms with E-state index in [0.717, 1.165) is 0 Å². The zero-order chi connectivity index (χ0) is 13.6. The van der Waals surface area contributed by atoms with E-state index in [0.29, 0.717) is 0 Å². The maximum Gasteiger partial charge on any atom is 0.402 e. The molecule has 0 amide bonds. The van der Waals surface area contributed by atoms with Crippen molar-refractivity contribution in [2.24, 2.45) is 0 Å². The van der Waals surface area contributed by atoms with Gasteiger partial charge in [0.2, 0.25) is 0 Å². The third kappa shape index (κ3) is 31.4. The summed E-state index contributed by atoms with van der Waals surface area (Å²) in [6.07, 6.45) is -9.06. The van der Waals surface area contributed by atoms with Crippen molar-refractivity contribution in [1.29, 1.82) is 0 Å². The van der Waals surface area contributed by atoms with Crippen molar-refractivity contribution < 1.29 is 63.3 Å². The molecule has 0 aliphatic rings. The largest absolute Gasteiger partial charge is 0.402 e. The van der Waals surface area contributed by atoms with Crippen LogP contribution in [0, 0.1) is 0 Å². The second-order valence-corrected chi connectivity index (χ2v) is 4.03. The Morgan fingerprint density at radius 3 is 0.941 bits per heavy atom. The molecule has 0 saturated carbocycles. The van der Waals surface area contributed by atoms with E-state index in [1.807, 2.05) is 0 Å². The fourth-order valence-corrected chi connectivity index (χ4v) is 0.840. The minimum atomic E-state index is -4.53. The number of hydrogen-bond acceptors (Lipinski definition) is 2. The summed E-state index contributed by atoms with van der Waals surface area (Å²) in [4.78, 5) is 0. The molecular formula is C4H6F6O4S2Zn. The van der Waals surface area contributed by atoms with Crippen LogP contribution in [0.2, 0.25) is 0 Å². The van der Waals surface area contributed by atoms with Gasteiger partial charge in [-0.3, -0.25) is 0 Å². The van der Waals surface area contributed by atoms with Crippen LogP contribution in [0.4, 0.5) is 26.3 Å². The first-order valence-electron chi connectivity index (χ1n) is 3.12. The summed E-state index contributed by atoms with van der Waals surface area (Å²) < 4.78 is 99.8. The van der Waals surface area contributed by atoms with Crippen LogP contribution in [0.15, 0.2) is 0 Å². The van der Waals surface area contributed by atoms with E-state index >= 15 is 0 Å². The van der Waals surface area contributed by atoms with Crippen LogP contribution >= 0.6 is 0 Å². The van der Waals surface area contributed by atoms with Gasteiger partial charge in [0.15, 0.2) is 22.2 Å². The second kappa shape index (κ2) is 9.37. The standard InChI is InChI=1S/2C2H3F3O2S.Zn/c2*3-2(4,5)1-8(6)7;/h2*1H2,(H,6,7);. The van der Waals surface area contributed by atoms with Crippen molar-refractivity contribution in [3.05, 3.63) is 0 Å². The van der Waals surface area contributed by atoms with Crippen molar-refractivity contribution in [3.8, 4) is 0 Å². The minimum Gasteiger partial charge on any atom is -0.306 e.